The zero-order valence-electron chi connectivity index (χ0n) is 14.3. The number of hydrogen-bond donors (Lipinski definition) is 1. The van der Waals surface area contributed by atoms with Crippen molar-refractivity contribution in [3.8, 4) is 11.5 Å². The molecule has 0 aliphatic heterocycles. The lowest BCUT2D eigenvalue weighted by Gasteiger charge is -2.15. The topological polar surface area (TPSA) is 30.5 Å². The van der Waals surface area contributed by atoms with Gasteiger partial charge in [0.25, 0.3) is 0 Å². The lowest BCUT2D eigenvalue weighted by molar-refractivity contribution is 0.284. The van der Waals surface area contributed by atoms with Crippen molar-refractivity contribution in [3.63, 3.8) is 0 Å². The predicted molar refractivity (Wildman–Crippen MR) is 108 cm³/mol. The second-order valence-electron chi connectivity index (χ2n) is 5.75. The molecule has 0 saturated carbocycles. The monoisotopic (exact) mass is 387 g/mol. The number of rotatable bonds is 7. The van der Waals surface area contributed by atoms with Crippen molar-refractivity contribution in [3.05, 3.63) is 87.9 Å². The molecule has 0 saturated heterocycles. The van der Waals surface area contributed by atoms with Gasteiger partial charge in [0.05, 0.1) is 12.1 Å². The van der Waals surface area contributed by atoms with Crippen LogP contribution in [0, 0.1) is 0 Å². The molecular formula is C21H19Cl2NO2. The Kier molecular flexibility index (Phi) is 6.26. The standard InChI is InChI=1S/C21H19Cl2NO2/c1-25-20-11-16(13-24-18-9-5-8-17(22)12-18)10-19(23)21(20)26-14-15-6-3-2-4-7-15/h2-12,24H,13-14H2,1H3. The number of methoxy groups -OCH3 is 1. The third-order valence-corrected chi connectivity index (χ3v) is 4.35. The van der Waals surface area contributed by atoms with E-state index in [1.54, 1.807) is 7.11 Å². The van der Waals surface area contributed by atoms with E-state index < -0.39 is 0 Å². The number of halogens is 2. The fraction of sp³-hybridized carbons (Fsp3) is 0.143. The molecular weight excluding hydrogens is 369 g/mol. The maximum absolute atomic E-state index is 6.43. The highest BCUT2D eigenvalue weighted by molar-refractivity contribution is 6.32. The van der Waals surface area contributed by atoms with Crippen LogP contribution < -0.4 is 14.8 Å². The van der Waals surface area contributed by atoms with Gasteiger partial charge < -0.3 is 14.8 Å². The first-order chi connectivity index (χ1) is 12.7. The molecule has 0 heterocycles. The van der Waals surface area contributed by atoms with Crippen LogP contribution in [0.1, 0.15) is 11.1 Å². The van der Waals surface area contributed by atoms with Crippen molar-refractivity contribution in [2.24, 2.45) is 0 Å². The number of hydrogen-bond acceptors (Lipinski definition) is 3. The molecule has 0 fully saturated rings. The molecule has 0 atom stereocenters. The summed E-state index contributed by atoms with van der Waals surface area (Å²) in [5.74, 6) is 1.15. The summed E-state index contributed by atoms with van der Waals surface area (Å²) in [6.45, 7) is 1.02. The Hall–Kier alpha value is -2.36. The summed E-state index contributed by atoms with van der Waals surface area (Å²) in [5, 5.41) is 4.53. The van der Waals surface area contributed by atoms with Crippen LogP contribution in [-0.4, -0.2) is 7.11 Å². The van der Waals surface area contributed by atoms with E-state index in [0.29, 0.717) is 34.7 Å². The first-order valence-corrected chi connectivity index (χ1v) is 8.94. The minimum absolute atomic E-state index is 0.428. The molecule has 0 bridgehead atoms. The molecule has 1 N–H and O–H groups in total. The summed E-state index contributed by atoms with van der Waals surface area (Å²) < 4.78 is 11.4. The average molecular weight is 388 g/mol. The van der Waals surface area contributed by atoms with Gasteiger partial charge in [-0.05, 0) is 41.5 Å². The van der Waals surface area contributed by atoms with Gasteiger partial charge in [0.15, 0.2) is 11.5 Å². The normalized spacial score (nSPS) is 10.4. The highest BCUT2D eigenvalue weighted by Crippen LogP contribution is 2.37. The minimum atomic E-state index is 0.428. The van der Waals surface area contributed by atoms with E-state index in [9.17, 15) is 0 Å². The first kappa shape index (κ1) is 18.4. The highest BCUT2D eigenvalue weighted by atomic mass is 35.5. The van der Waals surface area contributed by atoms with Crippen LogP contribution in [-0.2, 0) is 13.2 Å². The second kappa shape index (κ2) is 8.84. The quantitative estimate of drug-likeness (QED) is 0.523. The molecule has 0 amide bonds. The van der Waals surface area contributed by atoms with E-state index >= 15 is 0 Å². The van der Waals surface area contributed by atoms with Crippen LogP contribution in [0.2, 0.25) is 10.0 Å². The molecule has 0 aliphatic carbocycles. The molecule has 0 aliphatic rings. The summed E-state index contributed by atoms with van der Waals surface area (Å²) in [6.07, 6.45) is 0. The smallest absolute Gasteiger partial charge is 0.180 e. The van der Waals surface area contributed by atoms with E-state index in [-0.39, 0.29) is 0 Å². The van der Waals surface area contributed by atoms with Gasteiger partial charge in [-0.2, -0.15) is 0 Å². The molecule has 134 valence electrons. The Morgan fingerprint density at radius 3 is 2.42 bits per heavy atom. The Labute approximate surface area is 163 Å². The Morgan fingerprint density at radius 1 is 0.885 bits per heavy atom. The van der Waals surface area contributed by atoms with Crippen molar-refractivity contribution in [1.82, 2.24) is 0 Å². The largest absolute Gasteiger partial charge is 0.493 e. The van der Waals surface area contributed by atoms with Crippen molar-refractivity contribution >= 4 is 28.9 Å². The SMILES string of the molecule is COc1cc(CNc2cccc(Cl)c2)cc(Cl)c1OCc1ccccc1. The molecule has 0 unspecified atom stereocenters. The van der Waals surface area contributed by atoms with Gasteiger partial charge in [0.2, 0.25) is 0 Å². The molecule has 0 radical (unpaired) electrons. The van der Waals surface area contributed by atoms with Crippen LogP contribution >= 0.6 is 23.2 Å². The molecule has 3 aromatic carbocycles. The number of nitrogens with one attached hydrogen (secondary N) is 1. The first-order valence-electron chi connectivity index (χ1n) is 8.18. The average Bonchev–Trinajstić information content (AvgIpc) is 2.66. The summed E-state index contributed by atoms with van der Waals surface area (Å²) in [5.41, 5.74) is 2.99. The van der Waals surface area contributed by atoms with E-state index in [0.717, 1.165) is 16.8 Å². The minimum Gasteiger partial charge on any atom is -0.493 e. The molecule has 26 heavy (non-hydrogen) atoms. The summed E-state index contributed by atoms with van der Waals surface area (Å²) in [6, 6.07) is 21.3. The fourth-order valence-electron chi connectivity index (χ4n) is 2.55. The van der Waals surface area contributed by atoms with E-state index in [2.05, 4.69) is 5.32 Å². The second-order valence-corrected chi connectivity index (χ2v) is 6.59. The number of anilines is 1. The molecule has 3 nitrogen and oxygen atoms in total. The van der Waals surface area contributed by atoms with Crippen LogP contribution in [0.4, 0.5) is 5.69 Å². The lowest BCUT2D eigenvalue weighted by atomic mass is 10.2. The molecule has 3 aromatic rings. The van der Waals surface area contributed by atoms with Crippen molar-refractivity contribution in [2.45, 2.75) is 13.2 Å². The predicted octanol–water partition coefficient (Wildman–Crippen LogP) is 6.19. The van der Waals surface area contributed by atoms with E-state index in [4.69, 9.17) is 32.7 Å². The highest BCUT2D eigenvalue weighted by Gasteiger charge is 2.12. The van der Waals surface area contributed by atoms with Gasteiger partial charge in [-0.15, -0.1) is 0 Å². The lowest BCUT2D eigenvalue weighted by Crippen LogP contribution is -2.02. The van der Waals surface area contributed by atoms with Crippen molar-refractivity contribution in [2.75, 3.05) is 12.4 Å². The summed E-state index contributed by atoms with van der Waals surface area (Å²) >= 11 is 12.4. The van der Waals surface area contributed by atoms with Crippen LogP contribution in [0.5, 0.6) is 11.5 Å². The zero-order valence-corrected chi connectivity index (χ0v) is 15.8. The van der Waals surface area contributed by atoms with Gasteiger partial charge in [0.1, 0.15) is 6.61 Å². The fourth-order valence-corrected chi connectivity index (χ4v) is 3.03. The maximum atomic E-state index is 6.43. The van der Waals surface area contributed by atoms with Gasteiger partial charge >= 0.3 is 0 Å². The van der Waals surface area contributed by atoms with Gasteiger partial charge in [-0.3, -0.25) is 0 Å². The van der Waals surface area contributed by atoms with Crippen LogP contribution in [0.3, 0.4) is 0 Å². The van der Waals surface area contributed by atoms with Crippen LogP contribution in [0.15, 0.2) is 66.7 Å². The van der Waals surface area contributed by atoms with Gasteiger partial charge in [0, 0.05) is 17.3 Å². The molecule has 3 rings (SSSR count). The summed E-state index contributed by atoms with van der Waals surface area (Å²) in [4.78, 5) is 0. The third-order valence-electron chi connectivity index (χ3n) is 3.84. The Morgan fingerprint density at radius 2 is 1.69 bits per heavy atom. The molecule has 5 heteroatoms. The van der Waals surface area contributed by atoms with Crippen LogP contribution in [0.25, 0.3) is 0 Å². The Bertz CT molecular complexity index is 869. The number of ether oxygens (including phenoxy) is 2. The number of benzene rings is 3. The zero-order chi connectivity index (χ0) is 18.4. The van der Waals surface area contributed by atoms with Crippen molar-refractivity contribution < 1.29 is 9.47 Å². The summed E-state index contributed by atoms with van der Waals surface area (Å²) in [7, 11) is 1.61. The van der Waals surface area contributed by atoms with E-state index in [1.165, 1.54) is 0 Å². The molecule has 0 spiro atoms. The maximum Gasteiger partial charge on any atom is 0.180 e. The van der Waals surface area contributed by atoms with Crippen molar-refractivity contribution in [1.29, 1.82) is 0 Å². The van der Waals surface area contributed by atoms with Gasteiger partial charge in [-0.1, -0.05) is 59.6 Å². The third kappa shape index (κ3) is 4.84. The molecule has 0 aromatic heterocycles. The van der Waals surface area contributed by atoms with Gasteiger partial charge in [-0.25, -0.2) is 0 Å². The van der Waals surface area contributed by atoms with E-state index in [1.807, 2.05) is 66.7 Å². The Balaban J connectivity index is 1.72.